The Labute approximate surface area is 104 Å². The van der Waals surface area contributed by atoms with Crippen LogP contribution in [0.5, 0.6) is 5.75 Å². The van der Waals surface area contributed by atoms with E-state index in [2.05, 4.69) is 11.1 Å². The highest BCUT2D eigenvalue weighted by Gasteiger charge is 2.24. The molecule has 0 saturated heterocycles. The molecule has 0 saturated carbocycles. The third kappa shape index (κ3) is 1.89. The lowest BCUT2D eigenvalue weighted by Gasteiger charge is -2.23. The zero-order chi connectivity index (χ0) is 11.8. The highest BCUT2D eigenvalue weighted by Crippen LogP contribution is 2.34. The van der Waals surface area contributed by atoms with Gasteiger partial charge in [0.25, 0.3) is 0 Å². The van der Waals surface area contributed by atoms with Crippen molar-refractivity contribution < 1.29 is 4.74 Å². The Balaban J connectivity index is 1.89. The van der Waals surface area contributed by atoms with Crippen LogP contribution in [-0.2, 0) is 6.42 Å². The zero-order valence-corrected chi connectivity index (χ0v) is 10.5. The van der Waals surface area contributed by atoms with Gasteiger partial charge in [-0.25, -0.2) is 4.98 Å². The van der Waals surface area contributed by atoms with E-state index in [1.165, 1.54) is 5.56 Å². The number of benzene rings is 1. The molecule has 1 aromatic carbocycles. The largest absolute Gasteiger partial charge is 0.493 e. The number of para-hydroxylation sites is 1. The lowest BCUT2D eigenvalue weighted by atomic mass is 9.97. The standard InChI is InChI=1S/C13H14N2OS/c1-8-12(14)15-13(17-8)10-6-9-4-2-3-5-11(9)16-7-10/h2-5,10H,6-7,14H2,1H3. The molecular formula is C13H14N2OS. The summed E-state index contributed by atoms with van der Waals surface area (Å²) in [6, 6.07) is 8.19. The van der Waals surface area contributed by atoms with Gasteiger partial charge in [-0.1, -0.05) is 18.2 Å². The van der Waals surface area contributed by atoms with E-state index in [9.17, 15) is 0 Å². The Morgan fingerprint density at radius 2 is 2.24 bits per heavy atom. The Bertz CT molecular complexity index is 531. The van der Waals surface area contributed by atoms with Gasteiger partial charge in [-0.05, 0) is 25.0 Å². The van der Waals surface area contributed by atoms with Crippen LogP contribution in [0.3, 0.4) is 0 Å². The predicted octanol–water partition coefficient (Wildman–Crippen LogP) is 2.75. The summed E-state index contributed by atoms with van der Waals surface area (Å²) in [7, 11) is 0. The monoisotopic (exact) mass is 246 g/mol. The fourth-order valence-electron chi connectivity index (χ4n) is 2.09. The van der Waals surface area contributed by atoms with Gasteiger partial charge in [0.05, 0.1) is 6.61 Å². The molecule has 0 spiro atoms. The minimum Gasteiger partial charge on any atom is -0.493 e. The molecule has 1 aliphatic heterocycles. The summed E-state index contributed by atoms with van der Waals surface area (Å²) >= 11 is 1.68. The Morgan fingerprint density at radius 1 is 1.41 bits per heavy atom. The lowest BCUT2D eigenvalue weighted by Crippen LogP contribution is -2.18. The third-order valence-electron chi connectivity index (χ3n) is 3.08. The number of aryl methyl sites for hydroxylation is 1. The number of nitrogen functional groups attached to an aromatic ring is 1. The van der Waals surface area contributed by atoms with Crippen molar-refractivity contribution in [2.75, 3.05) is 12.3 Å². The van der Waals surface area contributed by atoms with Crippen LogP contribution in [0.25, 0.3) is 0 Å². The normalized spacial score (nSPS) is 18.5. The Kier molecular flexibility index (Phi) is 2.52. The van der Waals surface area contributed by atoms with Gasteiger partial charge in [0, 0.05) is 10.8 Å². The predicted molar refractivity (Wildman–Crippen MR) is 69.6 cm³/mol. The first-order valence-electron chi connectivity index (χ1n) is 5.67. The number of fused-ring (bicyclic) bond motifs is 1. The average Bonchev–Trinajstić information content (AvgIpc) is 2.69. The summed E-state index contributed by atoms with van der Waals surface area (Å²) in [5.74, 6) is 2.00. The number of rotatable bonds is 1. The first-order chi connectivity index (χ1) is 8.24. The van der Waals surface area contributed by atoms with Crippen molar-refractivity contribution in [3.05, 3.63) is 39.7 Å². The minimum atomic E-state index is 0.339. The molecule has 1 atom stereocenters. The number of anilines is 1. The van der Waals surface area contributed by atoms with Gasteiger partial charge in [0.1, 0.15) is 16.6 Å². The van der Waals surface area contributed by atoms with Gasteiger partial charge in [-0.15, -0.1) is 11.3 Å². The van der Waals surface area contributed by atoms with E-state index in [1.807, 2.05) is 25.1 Å². The van der Waals surface area contributed by atoms with E-state index in [1.54, 1.807) is 11.3 Å². The van der Waals surface area contributed by atoms with Gasteiger partial charge < -0.3 is 10.5 Å². The maximum atomic E-state index is 5.80. The van der Waals surface area contributed by atoms with Gasteiger partial charge in [0.2, 0.25) is 0 Å². The highest BCUT2D eigenvalue weighted by atomic mass is 32.1. The fourth-order valence-corrected chi connectivity index (χ4v) is 3.02. The number of thiazole rings is 1. The van der Waals surface area contributed by atoms with Crippen molar-refractivity contribution in [1.82, 2.24) is 4.98 Å². The number of nitrogens with zero attached hydrogens (tertiary/aromatic N) is 1. The molecule has 0 aliphatic carbocycles. The smallest absolute Gasteiger partial charge is 0.137 e. The molecule has 2 heterocycles. The molecule has 0 bridgehead atoms. The molecule has 0 radical (unpaired) electrons. The summed E-state index contributed by atoms with van der Waals surface area (Å²) in [5, 5.41) is 1.09. The van der Waals surface area contributed by atoms with Crippen LogP contribution < -0.4 is 10.5 Å². The van der Waals surface area contributed by atoms with Crippen molar-refractivity contribution in [2.24, 2.45) is 0 Å². The first kappa shape index (κ1) is 10.6. The summed E-state index contributed by atoms with van der Waals surface area (Å²) in [5.41, 5.74) is 7.06. The highest BCUT2D eigenvalue weighted by molar-refractivity contribution is 7.12. The first-order valence-corrected chi connectivity index (χ1v) is 6.49. The molecule has 0 fully saturated rings. The zero-order valence-electron chi connectivity index (χ0n) is 9.64. The van der Waals surface area contributed by atoms with Gasteiger partial charge in [-0.3, -0.25) is 0 Å². The Morgan fingerprint density at radius 3 is 3.00 bits per heavy atom. The fraction of sp³-hybridized carbons (Fsp3) is 0.308. The Hall–Kier alpha value is -1.55. The average molecular weight is 246 g/mol. The molecule has 1 aromatic heterocycles. The van der Waals surface area contributed by atoms with Crippen molar-refractivity contribution in [3.8, 4) is 5.75 Å². The van der Waals surface area contributed by atoms with E-state index in [4.69, 9.17) is 10.5 Å². The SMILES string of the molecule is Cc1sc(C2COc3ccccc3C2)nc1N. The van der Waals surface area contributed by atoms with Crippen LogP contribution in [0.2, 0.25) is 0 Å². The topological polar surface area (TPSA) is 48.1 Å². The van der Waals surface area contributed by atoms with Crippen LogP contribution >= 0.6 is 11.3 Å². The van der Waals surface area contributed by atoms with Crippen LogP contribution in [0, 0.1) is 6.92 Å². The molecule has 2 N–H and O–H groups in total. The van der Waals surface area contributed by atoms with Gasteiger partial charge in [-0.2, -0.15) is 0 Å². The molecule has 3 rings (SSSR count). The van der Waals surface area contributed by atoms with Crippen LogP contribution in [-0.4, -0.2) is 11.6 Å². The van der Waals surface area contributed by atoms with Crippen LogP contribution in [0.4, 0.5) is 5.82 Å². The van der Waals surface area contributed by atoms with Crippen molar-refractivity contribution >= 4 is 17.2 Å². The summed E-state index contributed by atoms with van der Waals surface area (Å²) in [6.07, 6.45) is 0.989. The van der Waals surface area contributed by atoms with E-state index < -0.39 is 0 Å². The van der Waals surface area contributed by atoms with E-state index >= 15 is 0 Å². The molecule has 1 aliphatic rings. The molecule has 3 nitrogen and oxygen atoms in total. The van der Waals surface area contributed by atoms with E-state index in [0.29, 0.717) is 18.3 Å². The molecule has 4 heteroatoms. The summed E-state index contributed by atoms with van der Waals surface area (Å²) < 4.78 is 5.77. The van der Waals surface area contributed by atoms with Crippen LogP contribution in [0.15, 0.2) is 24.3 Å². The van der Waals surface area contributed by atoms with E-state index in [0.717, 1.165) is 22.1 Å². The third-order valence-corrected chi connectivity index (χ3v) is 4.23. The minimum absolute atomic E-state index is 0.339. The molecule has 2 aromatic rings. The second-order valence-electron chi connectivity index (χ2n) is 4.31. The lowest BCUT2D eigenvalue weighted by molar-refractivity contribution is 0.262. The number of hydrogen-bond donors (Lipinski definition) is 1. The van der Waals surface area contributed by atoms with Crippen LogP contribution in [0.1, 0.15) is 21.4 Å². The van der Waals surface area contributed by atoms with Gasteiger partial charge >= 0.3 is 0 Å². The second-order valence-corrected chi connectivity index (χ2v) is 5.55. The number of nitrogens with two attached hydrogens (primary N) is 1. The second kappa shape index (κ2) is 4.04. The summed E-state index contributed by atoms with van der Waals surface area (Å²) in [4.78, 5) is 5.52. The number of hydrogen-bond acceptors (Lipinski definition) is 4. The maximum absolute atomic E-state index is 5.80. The summed E-state index contributed by atoms with van der Waals surface area (Å²) in [6.45, 7) is 2.71. The van der Waals surface area contributed by atoms with Crippen molar-refractivity contribution in [3.63, 3.8) is 0 Å². The maximum Gasteiger partial charge on any atom is 0.137 e. The van der Waals surface area contributed by atoms with E-state index in [-0.39, 0.29) is 0 Å². The van der Waals surface area contributed by atoms with Crippen molar-refractivity contribution in [1.29, 1.82) is 0 Å². The molecule has 1 unspecified atom stereocenters. The molecule has 88 valence electrons. The molecule has 0 amide bonds. The number of aromatic nitrogens is 1. The van der Waals surface area contributed by atoms with Crippen molar-refractivity contribution in [2.45, 2.75) is 19.3 Å². The molecular weight excluding hydrogens is 232 g/mol. The molecule has 17 heavy (non-hydrogen) atoms. The number of ether oxygens (including phenoxy) is 1. The quantitative estimate of drug-likeness (QED) is 0.841. The van der Waals surface area contributed by atoms with Gasteiger partial charge in [0.15, 0.2) is 0 Å².